The number of nitrogens with one attached hydrogen (secondary N) is 2. The van der Waals surface area contributed by atoms with Crippen LogP contribution in [0.15, 0.2) is 30.3 Å². The van der Waals surface area contributed by atoms with Crippen LogP contribution in [0.25, 0.3) is 0 Å². The highest BCUT2D eigenvalue weighted by Gasteiger charge is 2.34. The molecule has 2 amide bonds. The molecule has 1 heterocycles. The van der Waals surface area contributed by atoms with Crippen LogP contribution in [0.3, 0.4) is 0 Å². The number of carbonyl (C=O) groups excluding carboxylic acids is 2. The van der Waals surface area contributed by atoms with Crippen molar-refractivity contribution in [3.05, 3.63) is 51.8 Å². The fourth-order valence-electron chi connectivity index (χ4n) is 3.64. The van der Waals surface area contributed by atoms with Gasteiger partial charge in [0.05, 0.1) is 10.9 Å². The van der Waals surface area contributed by atoms with E-state index in [1.54, 1.807) is 0 Å². The molecule has 2 aromatic rings. The fourth-order valence-corrected chi connectivity index (χ4v) is 4.08. The number of halogens is 5. The number of para-hydroxylation sites is 1. The van der Waals surface area contributed by atoms with Gasteiger partial charge in [0.25, 0.3) is 5.91 Å². The summed E-state index contributed by atoms with van der Waals surface area (Å²) < 4.78 is 41.8. The molecule has 0 bridgehead atoms. The lowest BCUT2D eigenvalue weighted by atomic mass is 9.83. The van der Waals surface area contributed by atoms with Crippen molar-refractivity contribution in [2.45, 2.75) is 44.6 Å². The van der Waals surface area contributed by atoms with Crippen molar-refractivity contribution < 1.29 is 32.6 Å². The Labute approximate surface area is 197 Å². The van der Waals surface area contributed by atoms with Gasteiger partial charge in [0.15, 0.2) is 10.9 Å². The Bertz CT molecular complexity index is 1010. The summed E-state index contributed by atoms with van der Waals surface area (Å²) in [6.07, 6.45) is -2.30. The first kappa shape index (κ1) is 24.9. The zero-order chi connectivity index (χ0) is 24.2. The third-order valence-electron chi connectivity index (χ3n) is 5.21. The zero-order valence-corrected chi connectivity index (χ0v) is 18.6. The summed E-state index contributed by atoms with van der Waals surface area (Å²) in [6.45, 7) is -0.174. The maximum absolute atomic E-state index is 12.8. The second kappa shape index (κ2) is 10.5. The van der Waals surface area contributed by atoms with Crippen LogP contribution < -0.4 is 15.4 Å². The third-order valence-corrected chi connectivity index (χ3v) is 5.76. The topological polar surface area (TPSA) is 101 Å². The van der Waals surface area contributed by atoms with Crippen LogP contribution in [-0.2, 0) is 11.3 Å². The predicted molar refractivity (Wildman–Crippen MR) is 114 cm³/mol. The minimum Gasteiger partial charge on any atom is -0.504 e. The molecular formula is C21H20Cl2F3N3O4. The number of benzene rings is 1. The summed E-state index contributed by atoms with van der Waals surface area (Å²) in [6, 6.07) is 6.16. The highest BCUT2D eigenvalue weighted by Crippen LogP contribution is 2.31. The molecule has 0 unspecified atom stereocenters. The molecule has 178 valence electrons. The number of aromatic hydroxyl groups is 1. The molecule has 0 spiro atoms. The minimum absolute atomic E-state index is 0.120. The lowest BCUT2D eigenvalue weighted by molar-refractivity contribution is -0.274. The Morgan fingerprint density at radius 2 is 1.88 bits per heavy atom. The Morgan fingerprint density at radius 3 is 2.58 bits per heavy atom. The van der Waals surface area contributed by atoms with Gasteiger partial charge < -0.3 is 20.5 Å². The SMILES string of the molecule is O=C(N[C@H]1CCCC[C@@H]1C(=O)NCc1ccccc1OC(F)(F)F)c1cc(Cl)c(O)c(Cl)n1. The summed E-state index contributed by atoms with van der Waals surface area (Å²) >= 11 is 11.6. The van der Waals surface area contributed by atoms with Gasteiger partial charge in [0.1, 0.15) is 11.4 Å². The first-order chi connectivity index (χ1) is 15.5. The highest BCUT2D eigenvalue weighted by atomic mass is 35.5. The molecule has 1 fully saturated rings. The van der Waals surface area contributed by atoms with Crippen LogP contribution in [0.1, 0.15) is 41.7 Å². The summed E-state index contributed by atoms with van der Waals surface area (Å²) in [4.78, 5) is 29.3. The lowest BCUT2D eigenvalue weighted by Gasteiger charge is -2.31. The van der Waals surface area contributed by atoms with Crippen molar-refractivity contribution in [3.8, 4) is 11.5 Å². The van der Waals surface area contributed by atoms with E-state index in [1.807, 2.05) is 0 Å². The quantitative estimate of drug-likeness (QED) is 0.498. The van der Waals surface area contributed by atoms with E-state index in [0.29, 0.717) is 12.8 Å². The van der Waals surface area contributed by atoms with Gasteiger partial charge in [-0.3, -0.25) is 9.59 Å². The van der Waals surface area contributed by atoms with Crippen LogP contribution in [-0.4, -0.2) is 34.3 Å². The van der Waals surface area contributed by atoms with E-state index < -0.39 is 41.6 Å². The van der Waals surface area contributed by atoms with Crippen molar-refractivity contribution in [3.63, 3.8) is 0 Å². The van der Waals surface area contributed by atoms with Gasteiger partial charge in [-0.05, 0) is 25.0 Å². The van der Waals surface area contributed by atoms with Crippen molar-refractivity contribution in [2.24, 2.45) is 5.92 Å². The Kier molecular flexibility index (Phi) is 7.91. The Hall–Kier alpha value is -2.72. The largest absolute Gasteiger partial charge is 0.573 e. The zero-order valence-electron chi connectivity index (χ0n) is 17.1. The van der Waals surface area contributed by atoms with Gasteiger partial charge in [-0.15, -0.1) is 13.2 Å². The Balaban J connectivity index is 1.67. The number of aromatic nitrogens is 1. The number of ether oxygens (including phenoxy) is 1. The number of hydrogen-bond acceptors (Lipinski definition) is 5. The Morgan fingerprint density at radius 1 is 1.18 bits per heavy atom. The maximum atomic E-state index is 12.8. The predicted octanol–water partition coefficient (Wildman–Crippen LogP) is 4.60. The number of pyridine rings is 1. The van der Waals surface area contributed by atoms with Crippen molar-refractivity contribution >= 4 is 35.0 Å². The van der Waals surface area contributed by atoms with Crippen LogP contribution in [0.5, 0.6) is 11.5 Å². The van der Waals surface area contributed by atoms with Crippen molar-refractivity contribution in [1.29, 1.82) is 0 Å². The molecule has 0 aliphatic heterocycles. The van der Waals surface area contributed by atoms with E-state index in [2.05, 4.69) is 20.4 Å². The molecule has 3 rings (SSSR count). The van der Waals surface area contributed by atoms with Crippen LogP contribution in [0.2, 0.25) is 10.2 Å². The van der Waals surface area contributed by atoms with E-state index >= 15 is 0 Å². The molecule has 33 heavy (non-hydrogen) atoms. The van der Waals surface area contributed by atoms with E-state index in [0.717, 1.165) is 18.9 Å². The fraction of sp³-hybridized carbons (Fsp3) is 0.381. The number of amides is 2. The third kappa shape index (κ3) is 6.64. The van der Waals surface area contributed by atoms with Crippen LogP contribution in [0.4, 0.5) is 13.2 Å². The molecule has 1 aromatic heterocycles. The molecule has 1 aliphatic carbocycles. The molecule has 7 nitrogen and oxygen atoms in total. The molecule has 0 saturated heterocycles. The van der Waals surface area contributed by atoms with Crippen LogP contribution in [0, 0.1) is 5.92 Å². The average molecular weight is 506 g/mol. The summed E-state index contributed by atoms with van der Waals surface area (Å²) in [7, 11) is 0. The van der Waals surface area contributed by atoms with Gasteiger partial charge in [-0.1, -0.05) is 54.2 Å². The van der Waals surface area contributed by atoms with Gasteiger partial charge in [-0.25, -0.2) is 4.98 Å². The summed E-state index contributed by atoms with van der Waals surface area (Å²) in [5.41, 5.74) is 0.0444. The smallest absolute Gasteiger partial charge is 0.504 e. The highest BCUT2D eigenvalue weighted by molar-refractivity contribution is 6.36. The van der Waals surface area contributed by atoms with E-state index in [9.17, 15) is 27.9 Å². The normalized spacial score (nSPS) is 18.5. The second-order valence-electron chi connectivity index (χ2n) is 7.47. The van der Waals surface area contributed by atoms with Gasteiger partial charge >= 0.3 is 6.36 Å². The average Bonchev–Trinajstić information content (AvgIpc) is 2.75. The van der Waals surface area contributed by atoms with E-state index in [-0.39, 0.29) is 28.0 Å². The molecule has 1 saturated carbocycles. The van der Waals surface area contributed by atoms with E-state index in [1.165, 1.54) is 24.3 Å². The van der Waals surface area contributed by atoms with Crippen LogP contribution >= 0.6 is 23.2 Å². The summed E-state index contributed by atoms with van der Waals surface area (Å²) in [5, 5.41) is 14.5. The van der Waals surface area contributed by atoms with Gasteiger partial charge in [-0.2, -0.15) is 0 Å². The number of rotatable bonds is 6. The first-order valence-electron chi connectivity index (χ1n) is 10.0. The number of carbonyl (C=O) groups is 2. The van der Waals surface area contributed by atoms with Gasteiger partial charge in [0, 0.05) is 18.2 Å². The monoisotopic (exact) mass is 505 g/mol. The molecular weight excluding hydrogens is 486 g/mol. The van der Waals surface area contributed by atoms with E-state index in [4.69, 9.17) is 23.2 Å². The molecule has 1 aliphatic rings. The van der Waals surface area contributed by atoms with Crippen molar-refractivity contribution in [2.75, 3.05) is 0 Å². The maximum Gasteiger partial charge on any atom is 0.573 e. The van der Waals surface area contributed by atoms with Crippen molar-refractivity contribution in [1.82, 2.24) is 15.6 Å². The first-order valence-corrected chi connectivity index (χ1v) is 10.8. The molecule has 0 radical (unpaired) electrons. The molecule has 3 N–H and O–H groups in total. The number of nitrogens with zero attached hydrogens (tertiary/aromatic N) is 1. The lowest BCUT2D eigenvalue weighted by Crippen LogP contribution is -2.48. The van der Waals surface area contributed by atoms with Gasteiger partial charge in [0.2, 0.25) is 5.91 Å². The number of alkyl halides is 3. The summed E-state index contributed by atoms with van der Waals surface area (Å²) in [5.74, 6) is -2.46. The molecule has 1 aromatic carbocycles. The molecule has 2 atom stereocenters. The standard InChI is InChI=1S/C21H20Cl2F3N3O4/c22-13-9-15(28-18(23)17(13)30)20(32)29-14-7-3-2-6-12(14)19(31)27-10-11-5-1-4-8-16(11)33-21(24,25)26/h1,4-5,8-9,12,14,30H,2-3,6-7,10H2,(H,27,31)(H,29,32)/t12-,14-/m0/s1. The molecule has 12 heteroatoms. The minimum atomic E-state index is -4.85. The second-order valence-corrected chi connectivity index (χ2v) is 8.24. The number of hydrogen-bond donors (Lipinski definition) is 3.